The van der Waals surface area contributed by atoms with E-state index >= 15 is 0 Å². The number of benzene rings is 1. The normalized spacial score (nSPS) is 15.1. The Bertz CT molecular complexity index is 829. The van der Waals surface area contributed by atoms with Gasteiger partial charge in [0.25, 0.3) is 5.91 Å². The Morgan fingerprint density at radius 3 is 2.20 bits per heavy atom. The highest BCUT2D eigenvalue weighted by molar-refractivity contribution is 6.10. The molecule has 0 aromatic heterocycles. The molecule has 1 amide bonds. The van der Waals surface area contributed by atoms with Crippen LogP contribution in [0.5, 0.6) is 0 Å². The number of alkyl halides is 6. The fraction of sp³-hybridized carbons (Fsp3) is 0.353. The van der Waals surface area contributed by atoms with Crippen LogP contribution in [0.1, 0.15) is 22.8 Å². The number of nitrogens with zero attached hydrogens (tertiary/aromatic N) is 2. The Balaban J connectivity index is 3.15. The molecule has 0 heterocycles. The lowest BCUT2D eigenvalue weighted by atomic mass is 10.1. The summed E-state index contributed by atoms with van der Waals surface area (Å²) in [7, 11) is 1.37. The van der Waals surface area contributed by atoms with E-state index < -0.39 is 47.4 Å². The first-order chi connectivity index (χ1) is 13.7. The Morgan fingerprint density at radius 2 is 1.73 bits per heavy atom. The standard InChI is InChI=1S/C17H19F6N5O2/c1-9(8-30-2)26-15(27-13(25)7-12(24)17(21,22)23)28-14(29)10-3-5-11(6-4-10)16(18,19)20/h3-7,9H,8,24H2,1-2H3,(H3,25,26,27,28,29). The molecule has 30 heavy (non-hydrogen) atoms. The summed E-state index contributed by atoms with van der Waals surface area (Å²) in [6, 6.07) is 2.65. The molecule has 1 unspecified atom stereocenters. The number of hydrogen-bond acceptors (Lipinski definition) is 4. The molecule has 0 saturated heterocycles. The number of amidine groups is 1. The van der Waals surface area contributed by atoms with Crippen LogP contribution in [0.2, 0.25) is 0 Å². The van der Waals surface area contributed by atoms with Crippen LogP contribution in [0.4, 0.5) is 26.3 Å². The number of amides is 1. The molecule has 0 fully saturated rings. The maximum Gasteiger partial charge on any atom is 0.430 e. The minimum atomic E-state index is -4.84. The number of carbonyl (C=O) groups excluding carboxylic acids is 1. The van der Waals surface area contributed by atoms with Gasteiger partial charge in [0.05, 0.1) is 18.2 Å². The molecule has 0 saturated carbocycles. The van der Waals surface area contributed by atoms with Crippen molar-refractivity contribution in [1.29, 1.82) is 0 Å². The van der Waals surface area contributed by atoms with Crippen molar-refractivity contribution in [1.82, 2.24) is 5.32 Å². The zero-order valence-electron chi connectivity index (χ0n) is 15.8. The van der Waals surface area contributed by atoms with Gasteiger partial charge in [0.15, 0.2) is 0 Å². The van der Waals surface area contributed by atoms with E-state index in [1.54, 1.807) is 6.92 Å². The zero-order chi connectivity index (χ0) is 23.1. The van der Waals surface area contributed by atoms with Crippen LogP contribution in [0.25, 0.3) is 0 Å². The number of hydrogen-bond donors (Lipinski definition) is 3. The maximum absolute atomic E-state index is 12.6. The number of halogens is 6. The Hall–Kier alpha value is -3.09. The molecule has 13 heteroatoms. The first-order valence-corrected chi connectivity index (χ1v) is 8.18. The first-order valence-electron chi connectivity index (χ1n) is 8.18. The summed E-state index contributed by atoms with van der Waals surface area (Å²) in [4.78, 5) is 19.8. The molecule has 1 aromatic carbocycles. The van der Waals surface area contributed by atoms with Crippen LogP contribution in [-0.4, -0.2) is 43.6 Å². The summed E-state index contributed by atoms with van der Waals surface area (Å²) < 4.78 is 80.2. The Kier molecular flexibility index (Phi) is 8.39. The number of methoxy groups -OCH3 is 1. The smallest absolute Gasteiger partial charge is 0.395 e. The van der Waals surface area contributed by atoms with Crippen molar-refractivity contribution in [2.24, 2.45) is 21.5 Å². The lowest BCUT2D eigenvalue weighted by molar-refractivity contribution is -0.137. The summed E-state index contributed by atoms with van der Waals surface area (Å²) in [6.07, 6.45) is -9.09. The van der Waals surface area contributed by atoms with Crippen molar-refractivity contribution in [3.05, 3.63) is 47.2 Å². The number of carbonyl (C=O) groups is 1. The number of nitrogens with two attached hydrogens (primary N) is 2. The summed E-state index contributed by atoms with van der Waals surface area (Å²) in [5.74, 6) is -2.09. The van der Waals surface area contributed by atoms with Gasteiger partial charge >= 0.3 is 12.4 Å². The van der Waals surface area contributed by atoms with Crippen molar-refractivity contribution in [3.63, 3.8) is 0 Å². The molecule has 7 nitrogen and oxygen atoms in total. The van der Waals surface area contributed by atoms with Crippen LogP contribution >= 0.6 is 0 Å². The molecule has 0 bridgehead atoms. The van der Waals surface area contributed by atoms with E-state index in [9.17, 15) is 31.1 Å². The fourth-order valence-electron chi connectivity index (χ4n) is 1.96. The number of guanidine groups is 1. The third-order valence-corrected chi connectivity index (χ3v) is 3.32. The molecule has 0 radical (unpaired) electrons. The van der Waals surface area contributed by atoms with E-state index in [1.807, 2.05) is 0 Å². The van der Waals surface area contributed by atoms with Gasteiger partial charge in [-0.25, -0.2) is 4.99 Å². The monoisotopic (exact) mass is 439 g/mol. The molecule has 0 aliphatic carbocycles. The number of allylic oxidation sites excluding steroid dienone is 1. The van der Waals surface area contributed by atoms with Crippen molar-refractivity contribution < 1.29 is 35.9 Å². The third kappa shape index (κ3) is 8.11. The summed E-state index contributed by atoms with van der Waals surface area (Å²) in [5.41, 5.74) is 7.60. The zero-order valence-corrected chi connectivity index (χ0v) is 15.8. The molecule has 0 aliphatic rings. The van der Waals surface area contributed by atoms with Gasteiger partial charge in [0.1, 0.15) is 11.5 Å². The van der Waals surface area contributed by atoms with E-state index in [0.29, 0.717) is 18.2 Å². The fourth-order valence-corrected chi connectivity index (χ4v) is 1.96. The summed E-state index contributed by atoms with van der Waals surface area (Å²) in [6.45, 7) is 1.63. The topological polar surface area (TPSA) is 115 Å². The highest BCUT2D eigenvalue weighted by Crippen LogP contribution is 2.29. The summed E-state index contributed by atoms with van der Waals surface area (Å²) >= 11 is 0. The lowest BCUT2D eigenvalue weighted by Crippen LogP contribution is -2.33. The Morgan fingerprint density at radius 1 is 1.17 bits per heavy atom. The largest absolute Gasteiger partial charge is 0.430 e. The highest BCUT2D eigenvalue weighted by atomic mass is 19.4. The van der Waals surface area contributed by atoms with Crippen LogP contribution in [0.15, 0.2) is 46.0 Å². The SMILES string of the molecule is COCC(C)N=C(N=C(N)C=C(N)C(F)(F)F)NC(=O)c1ccc(C(F)(F)F)cc1. The quantitative estimate of drug-likeness (QED) is 0.372. The van der Waals surface area contributed by atoms with Gasteiger partial charge < -0.3 is 16.2 Å². The van der Waals surface area contributed by atoms with Gasteiger partial charge in [-0.05, 0) is 31.2 Å². The van der Waals surface area contributed by atoms with Crippen molar-refractivity contribution in [2.75, 3.05) is 13.7 Å². The molecule has 166 valence electrons. The molecular formula is C17H19F6N5O2. The van der Waals surface area contributed by atoms with Crippen LogP contribution in [0, 0.1) is 0 Å². The molecule has 5 N–H and O–H groups in total. The minimum absolute atomic E-state index is 0.0790. The van der Waals surface area contributed by atoms with Gasteiger partial charge in [-0.15, -0.1) is 0 Å². The molecule has 0 aliphatic heterocycles. The van der Waals surface area contributed by atoms with Crippen LogP contribution in [0.3, 0.4) is 0 Å². The first kappa shape index (κ1) is 24.9. The molecule has 1 atom stereocenters. The maximum atomic E-state index is 12.6. The second-order valence-corrected chi connectivity index (χ2v) is 5.92. The second kappa shape index (κ2) is 10.1. The Labute approximate surface area is 167 Å². The summed E-state index contributed by atoms with van der Waals surface area (Å²) in [5, 5.41) is 2.18. The van der Waals surface area contributed by atoms with Gasteiger partial charge in [0, 0.05) is 18.7 Å². The van der Waals surface area contributed by atoms with Crippen molar-refractivity contribution >= 4 is 17.7 Å². The van der Waals surface area contributed by atoms with Gasteiger partial charge in [-0.3, -0.25) is 10.1 Å². The van der Waals surface area contributed by atoms with E-state index in [-0.39, 0.29) is 12.2 Å². The number of ether oxygens (including phenoxy) is 1. The predicted octanol–water partition coefficient (Wildman–Crippen LogP) is 2.59. The van der Waals surface area contributed by atoms with E-state index in [2.05, 4.69) is 15.3 Å². The van der Waals surface area contributed by atoms with Gasteiger partial charge in [0.2, 0.25) is 5.96 Å². The number of rotatable bonds is 5. The highest BCUT2D eigenvalue weighted by Gasteiger charge is 2.32. The average molecular weight is 439 g/mol. The predicted molar refractivity (Wildman–Crippen MR) is 97.6 cm³/mol. The van der Waals surface area contributed by atoms with E-state index in [1.165, 1.54) is 7.11 Å². The molecule has 1 aromatic rings. The van der Waals surface area contributed by atoms with Crippen LogP contribution in [-0.2, 0) is 10.9 Å². The van der Waals surface area contributed by atoms with E-state index in [4.69, 9.17) is 16.2 Å². The van der Waals surface area contributed by atoms with Crippen LogP contribution < -0.4 is 16.8 Å². The molecule has 1 rings (SSSR count). The number of nitrogens with one attached hydrogen (secondary N) is 1. The number of aliphatic imine (C=N–C) groups is 2. The van der Waals surface area contributed by atoms with Crippen molar-refractivity contribution in [2.45, 2.75) is 25.3 Å². The van der Waals surface area contributed by atoms with Gasteiger partial charge in [-0.1, -0.05) is 0 Å². The minimum Gasteiger partial charge on any atom is -0.395 e. The average Bonchev–Trinajstić information content (AvgIpc) is 2.60. The second-order valence-electron chi connectivity index (χ2n) is 5.92. The van der Waals surface area contributed by atoms with Gasteiger partial charge in [-0.2, -0.15) is 31.3 Å². The molecular weight excluding hydrogens is 420 g/mol. The molecule has 0 spiro atoms. The third-order valence-electron chi connectivity index (χ3n) is 3.32. The lowest BCUT2D eigenvalue weighted by Gasteiger charge is -2.11. The van der Waals surface area contributed by atoms with E-state index in [0.717, 1.165) is 12.1 Å². The van der Waals surface area contributed by atoms with Crippen molar-refractivity contribution in [3.8, 4) is 0 Å².